The molecule has 0 unspecified atom stereocenters. The molecule has 0 spiro atoms. The first-order valence-electron chi connectivity index (χ1n) is 12.0. The standard InChI is InChI=1S/C26H29N7O3/c1-2-3-9-23-27-16-22(26(36)28-21(15-24(34)35)14-18-7-5-4-6-8-18)33(23)17-19-10-12-20(13-11-19)25-29-31-32-30-25/h4-8,10-13,16,21H,2-3,9,14-15,17H2,1H3,(H,28,36)(H,34,35)(H,29,30,31,32)/t21-/m0/s1. The number of amides is 1. The lowest BCUT2D eigenvalue weighted by molar-refractivity contribution is -0.137. The number of aromatic nitrogens is 6. The van der Waals surface area contributed by atoms with Gasteiger partial charge in [-0.1, -0.05) is 67.9 Å². The highest BCUT2D eigenvalue weighted by Gasteiger charge is 2.22. The second kappa shape index (κ2) is 11.9. The summed E-state index contributed by atoms with van der Waals surface area (Å²) in [6, 6.07) is 16.7. The number of benzene rings is 2. The first-order chi connectivity index (χ1) is 17.5. The van der Waals surface area contributed by atoms with Crippen LogP contribution >= 0.6 is 0 Å². The molecular weight excluding hydrogens is 458 g/mol. The number of tetrazole rings is 1. The molecule has 4 aromatic rings. The number of hydrogen-bond donors (Lipinski definition) is 3. The van der Waals surface area contributed by atoms with E-state index in [-0.39, 0.29) is 12.3 Å². The molecule has 36 heavy (non-hydrogen) atoms. The number of hydrogen-bond acceptors (Lipinski definition) is 6. The summed E-state index contributed by atoms with van der Waals surface area (Å²) in [6.07, 6.45) is 4.53. The minimum absolute atomic E-state index is 0.172. The molecule has 4 rings (SSSR count). The van der Waals surface area contributed by atoms with E-state index >= 15 is 0 Å². The lowest BCUT2D eigenvalue weighted by Gasteiger charge is -2.18. The van der Waals surface area contributed by atoms with Crippen molar-refractivity contribution >= 4 is 11.9 Å². The van der Waals surface area contributed by atoms with Gasteiger partial charge >= 0.3 is 5.97 Å². The van der Waals surface area contributed by atoms with Crippen molar-refractivity contribution in [1.29, 1.82) is 0 Å². The Kier molecular flexibility index (Phi) is 8.17. The summed E-state index contributed by atoms with van der Waals surface area (Å²) in [4.78, 5) is 29.4. The number of carbonyl (C=O) groups is 2. The molecule has 0 bridgehead atoms. The van der Waals surface area contributed by atoms with Crippen molar-refractivity contribution in [3.63, 3.8) is 0 Å². The second-order valence-corrected chi connectivity index (χ2v) is 8.64. The van der Waals surface area contributed by atoms with E-state index < -0.39 is 12.0 Å². The van der Waals surface area contributed by atoms with Gasteiger partial charge in [-0.05, 0) is 29.2 Å². The fourth-order valence-electron chi connectivity index (χ4n) is 4.07. The highest BCUT2D eigenvalue weighted by molar-refractivity contribution is 5.93. The fraction of sp³-hybridized carbons (Fsp3) is 0.308. The highest BCUT2D eigenvalue weighted by atomic mass is 16.4. The van der Waals surface area contributed by atoms with Crippen molar-refractivity contribution in [2.24, 2.45) is 0 Å². The zero-order valence-electron chi connectivity index (χ0n) is 20.1. The van der Waals surface area contributed by atoms with Gasteiger partial charge in [0.15, 0.2) is 0 Å². The third-order valence-electron chi connectivity index (χ3n) is 5.90. The molecule has 1 atom stereocenters. The Morgan fingerprint density at radius 3 is 2.53 bits per heavy atom. The van der Waals surface area contributed by atoms with Gasteiger partial charge in [-0.15, -0.1) is 10.2 Å². The number of imidazole rings is 1. The lowest BCUT2D eigenvalue weighted by Crippen LogP contribution is -2.39. The average Bonchev–Trinajstić information content (AvgIpc) is 3.54. The summed E-state index contributed by atoms with van der Waals surface area (Å²) in [5.74, 6) is 0.0313. The number of unbranched alkanes of at least 4 members (excludes halogenated alkanes) is 1. The number of nitrogens with one attached hydrogen (secondary N) is 2. The molecule has 0 saturated heterocycles. The van der Waals surface area contributed by atoms with E-state index in [2.05, 4.69) is 37.8 Å². The molecule has 2 heterocycles. The van der Waals surface area contributed by atoms with Crippen molar-refractivity contribution < 1.29 is 14.7 Å². The Morgan fingerprint density at radius 1 is 1.08 bits per heavy atom. The molecule has 0 aliphatic carbocycles. The number of aromatic amines is 1. The summed E-state index contributed by atoms with van der Waals surface area (Å²) in [6.45, 7) is 2.56. The molecule has 2 aromatic heterocycles. The molecule has 0 aliphatic heterocycles. The Hall–Kier alpha value is -4.34. The maximum atomic E-state index is 13.3. The average molecular weight is 488 g/mol. The minimum atomic E-state index is -0.963. The maximum absolute atomic E-state index is 13.3. The smallest absolute Gasteiger partial charge is 0.305 e. The molecule has 0 radical (unpaired) electrons. The van der Waals surface area contributed by atoms with Crippen LogP contribution in [0.4, 0.5) is 0 Å². The van der Waals surface area contributed by atoms with Crippen molar-refractivity contribution in [2.75, 3.05) is 0 Å². The summed E-state index contributed by atoms with van der Waals surface area (Å²) in [5, 5.41) is 26.4. The lowest BCUT2D eigenvalue weighted by atomic mass is 10.0. The normalized spacial score (nSPS) is 11.8. The first-order valence-corrected chi connectivity index (χ1v) is 12.0. The second-order valence-electron chi connectivity index (χ2n) is 8.64. The van der Waals surface area contributed by atoms with E-state index in [1.807, 2.05) is 59.2 Å². The van der Waals surface area contributed by atoms with E-state index in [0.29, 0.717) is 24.5 Å². The Bertz CT molecular complexity index is 1270. The van der Waals surface area contributed by atoms with Crippen LogP contribution in [0.1, 0.15) is 53.6 Å². The monoisotopic (exact) mass is 487 g/mol. The summed E-state index contributed by atoms with van der Waals surface area (Å²) >= 11 is 0. The third kappa shape index (κ3) is 6.41. The van der Waals surface area contributed by atoms with Crippen molar-refractivity contribution in [3.05, 3.63) is 83.4 Å². The van der Waals surface area contributed by atoms with E-state index in [4.69, 9.17) is 0 Å². The van der Waals surface area contributed by atoms with Gasteiger partial charge < -0.3 is 15.0 Å². The zero-order valence-corrected chi connectivity index (χ0v) is 20.1. The van der Waals surface area contributed by atoms with Crippen LogP contribution in [0.5, 0.6) is 0 Å². The third-order valence-corrected chi connectivity index (χ3v) is 5.90. The highest BCUT2D eigenvalue weighted by Crippen LogP contribution is 2.18. The number of carbonyl (C=O) groups excluding carboxylic acids is 1. The number of aliphatic carboxylic acids is 1. The van der Waals surface area contributed by atoms with Gasteiger partial charge in [0, 0.05) is 24.6 Å². The van der Waals surface area contributed by atoms with Crippen molar-refractivity contribution in [3.8, 4) is 11.4 Å². The number of H-pyrrole nitrogens is 1. The van der Waals surface area contributed by atoms with Crippen LogP contribution in [0, 0.1) is 0 Å². The van der Waals surface area contributed by atoms with E-state index in [0.717, 1.165) is 41.8 Å². The molecule has 0 fully saturated rings. The SMILES string of the molecule is CCCCc1ncc(C(=O)N[C@H](CC(=O)O)Cc2ccccc2)n1Cc1ccc(-c2nn[nH]n2)cc1. The van der Waals surface area contributed by atoms with Crippen molar-refractivity contribution in [2.45, 2.75) is 51.6 Å². The first kappa shape index (κ1) is 24.8. The van der Waals surface area contributed by atoms with Crippen LogP contribution in [0.2, 0.25) is 0 Å². The zero-order chi connectivity index (χ0) is 25.3. The van der Waals surface area contributed by atoms with Crippen LogP contribution < -0.4 is 5.32 Å². The minimum Gasteiger partial charge on any atom is -0.481 e. The Balaban J connectivity index is 1.55. The molecule has 10 nitrogen and oxygen atoms in total. The topological polar surface area (TPSA) is 139 Å². The Morgan fingerprint density at radius 2 is 1.86 bits per heavy atom. The molecular formula is C26H29N7O3. The van der Waals surface area contributed by atoms with Gasteiger partial charge in [-0.25, -0.2) is 4.98 Å². The number of nitrogens with zero attached hydrogens (tertiary/aromatic N) is 5. The van der Waals surface area contributed by atoms with E-state index in [1.165, 1.54) is 0 Å². The van der Waals surface area contributed by atoms with Gasteiger partial charge in [-0.3, -0.25) is 9.59 Å². The molecule has 10 heteroatoms. The summed E-state index contributed by atoms with van der Waals surface area (Å²) in [7, 11) is 0. The molecule has 186 valence electrons. The summed E-state index contributed by atoms with van der Waals surface area (Å²) < 4.78 is 1.91. The van der Waals surface area contributed by atoms with Crippen molar-refractivity contribution in [1.82, 2.24) is 35.5 Å². The molecule has 1 amide bonds. The molecule has 0 saturated carbocycles. The number of carboxylic acids is 1. The van der Waals surface area contributed by atoms with Crippen LogP contribution in [-0.2, 0) is 24.2 Å². The van der Waals surface area contributed by atoms with Crippen LogP contribution in [0.15, 0.2) is 60.8 Å². The van der Waals surface area contributed by atoms with Gasteiger partial charge in [0.25, 0.3) is 5.91 Å². The maximum Gasteiger partial charge on any atom is 0.305 e. The van der Waals surface area contributed by atoms with Gasteiger partial charge in [0.1, 0.15) is 11.5 Å². The van der Waals surface area contributed by atoms with Gasteiger partial charge in [0.05, 0.1) is 12.6 Å². The summed E-state index contributed by atoms with van der Waals surface area (Å²) in [5.41, 5.74) is 3.19. The van der Waals surface area contributed by atoms with Gasteiger partial charge in [-0.2, -0.15) is 5.21 Å². The molecule has 3 N–H and O–H groups in total. The fourth-order valence-corrected chi connectivity index (χ4v) is 4.07. The van der Waals surface area contributed by atoms with Crippen LogP contribution in [0.25, 0.3) is 11.4 Å². The molecule has 0 aliphatic rings. The predicted octanol–water partition coefficient (Wildman–Crippen LogP) is 3.27. The van der Waals surface area contributed by atoms with Gasteiger partial charge in [0.2, 0.25) is 5.82 Å². The van der Waals surface area contributed by atoms with Crippen LogP contribution in [-0.4, -0.2) is 53.2 Å². The Labute approximate surface area is 208 Å². The van der Waals surface area contributed by atoms with E-state index in [1.54, 1.807) is 6.20 Å². The van der Waals surface area contributed by atoms with E-state index in [9.17, 15) is 14.7 Å². The predicted molar refractivity (Wildman–Crippen MR) is 133 cm³/mol. The quantitative estimate of drug-likeness (QED) is 0.279. The number of rotatable bonds is 12. The number of aryl methyl sites for hydroxylation is 1. The van der Waals surface area contributed by atoms with Crippen LogP contribution in [0.3, 0.4) is 0 Å². The number of carboxylic acid groups (broad SMARTS) is 1. The largest absolute Gasteiger partial charge is 0.481 e. The molecule has 2 aromatic carbocycles.